The molecule has 4 aromatic rings. The number of nitrogens with zero attached hydrogens (tertiary/aromatic N) is 3. The number of sulfonamides is 1. The summed E-state index contributed by atoms with van der Waals surface area (Å²) < 4.78 is 35.2. The van der Waals surface area contributed by atoms with Crippen molar-refractivity contribution in [2.24, 2.45) is 5.73 Å². The van der Waals surface area contributed by atoms with E-state index in [9.17, 15) is 18.6 Å². The van der Waals surface area contributed by atoms with Gasteiger partial charge in [-0.15, -0.1) is 0 Å². The fourth-order valence-corrected chi connectivity index (χ4v) is 5.18. The molecule has 0 saturated carbocycles. The number of benzene rings is 3. The van der Waals surface area contributed by atoms with Gasteiger partial charge in [-0.05, 0) is 30.3 Å². The number of rotatable bonds is 9. The second kappa shape index (κ2) is 10.6. The summed E-state index contributed by atoms with van der Waals surface area (Å²) in [5, 5.41) is 25.8. The maximum Gasteiger partial charge on any atom is 0.246 e. The molecule has 11 heteroatoms. The van der Waals surface area contributed by atoms with Gasteiger partial charge < -0.3 is 20.7 Å². The minimum atomic E-state index is -4.18. The van der Waals surface area contributed by atoms with Crippen LogP contribution in [0.1, 0.15) is 5.56 Å². The van der Waals surface area contributed by atoms with Gasteiger partial charge in [-0.25, -0.2) is 13.1 Å². The molecular weight excluding hydrogens is 504 g/mol. The van der Waals surface area contributed by atoms with Crippen molar-refractivity contribution in [2.75, 3.05) is 20.2 Å². The molecule has 0 amide bonds. The third kappa shape index (κ3) is 5.02. The highest BCUT2D eigenvalue weighted by Crippen LogP contribution is 2.39. The first-order valence-electron chi connectivity index (χ1n) is 11.0. The molecule has 4 rings (SSSR count). The number of aromatic nitrogens is 2. The Kier molecular flexibility index (Phi) is 7.51. The monoisotopic (exact) mass is 528 g/mol. The molecule has 0 aliphatic carbocycles. The fraction of sp³-hybridized carbons (Fsp3) is 0.160. The summed E-state index contributed by atoms with van der Waals surface area (Å²) in [6, 6.07) is 17.9. The SMILES string of the molecule is CN(Cc1ccccc1OCCN)S(=O)(=O)c1cc(-c2ccnn2-c2ccccc2Cl)c(O)cc1O. The van der Waals surface area contributed by atoms with E-state index in [4.69, 9.17) is 22.1 Å². The zero-order chi connectivity index (χ0) is 25.9. The Bertz CT molecular complexity index is 1490. The third-order valence-corrected chi connectivity index (χ3v) is 7.66. The Labute approximate surface area is 214 Å². The van der Waals surface area contributed by atoms with Crippen molar-refractivity contribution >= 4 is 21.6 Å². The largest absolute Gasteiger partial charge is 0.507 e. The van der Waals surface area contributed by atoms with E-state index in [-0.39, 0.29) is 29.4 Å². The number of nitrogens with two attached hydrogens (primary N) is 1. The molecule has 3 aromatic carbocycles. The molecule has 9 nitrogen and oxygen atoms in total. The first-order chi connectivity index (χ1) is 17.2. The number of hydrogen-bond acceptors (Lipinski definition) is 7. The van der Waals surface area contributed by atoms with Crippen LogP contribution in [0.15, 0.2) is 77.8 Å². The van der Waals surface area contributed by atoms with Gasteiger partial charge in [0.05, 0.1) is 22.6 Å². The standard InChI is InChI=1S/C25H25ClN4O5S/c1-29(16-17-6-2-5-9-24(17)35-13-11-27)36(33,34)25-14-18(22(31)15-23(25)32)20-10-12-28-30(20)21-8-4-3-7-19(21)26/h2-10,12,14-15,31-32H,11,13,16,27H2,1H3. The molecule has 1 aromatic heterocycles. The molecule has 0 saturated heterocycles. The zero-order valence-electron chi connectivity index (χ0n) is 19.4. The van der Waals surface area contributed by atoms with Crippen molar-refractivity contribution in [2.45, 2.75) is 11.4 Å². The van der Waals surface area contributed by atoms with Crippen molar-refractivity contribution in [3.05, 3.63) is 83.5 Å². The average molecular weight is 529 g/mol. The van der Waals surface area contributed by atoms with Crippen LogP contribution in [0.5, 0.6) is 17.2 Å². The lowest BCUT2D eigenvalue weighted by atomic mass is 10.1. The van der Waals surface area contributed by atoms with Gasteiger partial charge in [-0.2, -0.15) is 9.40 Å². The van der Waals surface area contributed by atoms with Crippen molar-refractivity contribution in [1.29, 1.82) is 0 Å². The van der Waals surface area contributed by atoms with E-state index < -0.39 is 15.8 Å². The maximum absolute atomic E-state index is 13.5. The van der Waals surface area contributed by atoms with Crippen LogP contribution in [0.25, 0.3) is 16.9 Å². The first-order valence-corrected chi connectivity index (χ1v) is 12.8. The van der Waals surface area contributed by atoms with E-state index in [1.807, 2.05) is 0 Å². The van der Waals surface area contributed by atoms with Crippen LogP contribution in [-0.4, -0.2) is 52.9 Å². The molecule has 0 spiro atoms. The van der Waals surface area contributed by atoms with E-state index in [0.717, 1.165) is 10.4 Å². The van der Waals surface area contributed by atoms with Crippen LogP contribution in [0.4, 0.5) is 0 Å². The molecular formula is C25H25ClN4O5S. The Morgan fingerprint density at radius 3 is 2.53 bits per heavy atom. The molecule has 0 aliphatic heterocycles. The Morgan fingerprint density at radius 1 is 1.06 bits per heavy atom. The molecule has 0 aliphatic rings. The molecule has 0 radical (unpaired) electrons. The van der Waals surface area contributed by atoms with Gasteiger partial charge in [0.25, 0.3) is 0 Å². The second-order valence-corrected chi connectivity index (χ2v) is 10.3. The first kappa shape index (κ1) is 25.5. The number of hydrogen-bond donors (Lipinski definition) is 3. The quantitative estimate of drug-likeness (QED) is 0.301. The maximum atomic E-state index is 13.5. The van der Waals surface area contributed by atoms with Crippen LogP contribution in [0, 0.1) is 0 Å². The molecule has 1 heterocycles. The molecule has 0 atom stereocenters. The molecule has 0 bridgehead atoms. The number of para-hydroxylation sites is 2. The van der Waals surface area contributed by atoms with E-state index in [1.165, 1.54) is 24.0 Å². The Hall–Kier alpha value is -3.57. The Morgan fingerprint density at radius 2 is 1.78 bits per heavy atom. The van der Waals surface area contributed by atoms with Crippen molar-refractivity contribution < 1.29 is 23.4 Å². The molecule has 0 unspecified atom stereocenters. The van der Waals surface area contributed by atoms with Gasteiger partial charge in [0.15, 0.2) is 0 Å². The predicted octanol–water partition coefficient (Wildman–Crippen LogP) is 3.76. The van der Waals surface area contributed by atoms with Crippen LogP contribution in [0.3, 0.4) is 0 Å². The number of halogens is 1. The van der Waals surface area contributed by atoms with E-state index >= 15 is 0 Å². The van der Waals surface area contributed by atoms with Crippen LogP contribution in [0.2, 0.25) is 5.02 Å². The number of ether oxygens (including phenoxy) is 1. The lowest BCUT2D eigenvalue weighted by Gasteiger charge is -2.20. The van der Waals surface area contributed by atoms with Gasteiger partial charge in [0.2, 0.25) is 10.0 Å². The van der Waals surface area contributed by atoms with Crippen LogP contribution in [-0.2, 0) is 16.6 Å². The Balaban J connectivity index is 1.73. The third-order valence-electron chi connectivity index (χ3n) is 5.51. The second-order valence-electron chi connectivity index (χ2n) is 7.92. The lowest BCUT2D eigenvalue weighted by molar-refractivity contribution is 0.321. The molecule has 188 valence electrons. The van der Waals surface area contributed by atoms with Gasteiger partial charge in [-0.1, -0.05) is 41.9 Å². The van der Waals surface area contributed by atoms with E-state index in [0.29, 0.717) is 34.3 Å². The minimum absolute atomic E-state index is 0.0176. The zero-order valence-corrected chi connectivity index (χ0v) is 20.9. The number of phenols is 2. The van der Waals surface area contributed by atoms with Crippen molar-refractivity contribution in [3.8, 4) is 34.2 Å². The molecule has 4 N–H and O–H groups in total. The summed E-state index contributed by atoms with van der Waals surface area (Å²) in [5.74, 6) is -0.382. The highest BCUT2D eigenvalue weighted by molar-refractivity contribution is 7.89. The highest BCUT2D eigenvalue weighted by Gasteiger charge is 2.28. The summed E-state index contributed by atoms with van der Waals surface area (Å²) in [6.07, 6.45) is 1.50. The normalized spacial score (nSPS) is 11.7. The van der Waals surface area contributed by atoms with Gasteiger partial charge >= 0.3 is 0 Å². The summed E-state index contributed by atoms with van der Waals surface area (Å²) in [4.78, 5) is -0.370. The lowest BCUT2D eigenvalue weighted by Crippen LogP contribution is -2.27. The highest BCUT2D eigenvalue weighted by atomic mass is 35.5. The summed E-state index contributed by atoms with van der Waals surface area (Å²) >= 11 is 6.32. The van der Waals surface area contributed by atoms with Gasteiger partial charge in [-0.3, -0.25) is 0 Å². The van der Waals surface area contributed by atoms with E-state index in [2.05, 4.69) is 5.10 Å². The summed E-state index contributed by atoms with van der Waals surface area (Å²) in [6.45, 7) is 0.586. The molecule has 0 fully saturated rings. The summed E-state index contributed by atoms with van der Waals surface area (Å²) in [5.41, 5.74) is 7.24. The predicted molar refractivity (Wildman–Crippen MR) is 137 cm³/mol. The van der Waals surface area contributed by atoms with Gasteiger partial charge in [0, 0.05) is 37.3 Å². The summed E-state index contributed by atoms with van der Waals surface area (Å²) in [7, 11) is -2.79. The number of aromatic hydroxyl groups is 2. The topological polar surface area (TPSA) is 131 Å². The fourth-order valence-electron chi connectivity index (χ4n) is 3.73. The van der Waals surface area contributed by atoms with E-state index in [1.54, 1.807) is 54.6 Å². The van der Waals surface area contributed by atoms with Crippen molar-refractivity contribution in [1.82, 2.24) is 14.1 Å². The minimum Gasteiger partial charge on any atom is -0.507 e. The average Bonchev–Trinajstić information content (AvgIpc) is 3.33. The molecule has 36 heavy (non-hydrogen) atoms. The smallest absolute Gasteiger partial charge is 0.246 e. The van der Waals surface area contributed by atoms with Crippen LogP contribution < -0.4 is 10.5 Å². The van der Waals surface area contributed by atoms with Gasteiger partial charge in [0.1, 0.15) is 28.8 Å². The van der Waals surface area contributed by atoms with Crippen molar-refractivity contribution in [3.63, 3.8) is 0 Å². The van der Waals surface area contributed by atoms with Crippen LogP contribution >= 0.6 is 11.6 Å². The number of phenolic OH excluding ortho intramolecular Hbond substituents is 2.